The third-order valence-corrected chi connectivity index (χ3v) is 10.9. The summed E-state index contributed by atoms with van der Waals surface area (Å²) >= 11 is 0. The first-order valence-corrected chi connectivity index (χ1v) is 17.8. The molecule has 0 amide bonds. The molecule has 0 saturated carbocycles. The minimum Gasteiger partial charge on any atom is -0.486 e. The molecular formula is C48H36N2O2. The van der Waals surface area contributed by atoms with Crippen LogP contribution in [-0.4, -0.2) is 0 Å². The number of para-hydroxylation sites is 1. The van der Waals surface area contributed by atoms with E-state index in [1.54, 1.807) is 0 Å². The molecule has 0 bridgehead atoms. The van der Waals surface area contributed by atoms with Crippen LogP contribution in [0.2, 0.25) is 0 Å². The van der Waals surface area contributed by atoms with Gasteiger partial charge in [0.15, 0.2) is 5.75 Å². The molecular weight excluding hydrogens is 637 g/mol. The predicted octanol–water partition coefficient (Wildman–Crippen LogP) is 12.8. The van der Waals surface area contributed by atoms with Gasteiger partial charge in [-0.15, -0.1) is 0 Å². The lowest BCUT2D eigenvalue weighted by molar-refractivity contribution is 0.312. The molecule has 1 heterocycles. The SMILES string of the molecule is CC1(C)c2ccccc2-c2ccc(N(c3ccc4oc5ccccc5c4c3)c3ccc4ccc5ccc(N)c(OCc6ccccc6)c5c4c3)cc21. The third-order valence-electron chi connectivity index (χ3n) is 10.9. The molecule has 0 atom stereocenters. The van der Waals surface area contributed by atoms with Crippen LogP contribution >= 0.6 is 0 Å². The van der Waals surface area contributed by atoms with Crippen molar-refractivity contribution in [3.05, 3.63) is 174 Å². The topological polar surface area (TPSA) is 51.6 Å². The Labute approximate surface area is 302 Å². The van der Waals surface area contributed by atoms with Crippen molar-refractivity contribution in [2.24, 2.45) is 0 Å². The van der Waals surface area contributed by atoms with E-state index in [-0.39, 0.29) is 5.41 Å². The van der Waals surface area contributed by atoms with Crippen LogP contribution in [0.3, 0.4) is 0 Å². The fraction of sp³-hybridized carbons (Fsp3) is 0.0833. The Morgan fingerprint density at radius 3 is 2.08 bits per heavy atom. The molecule has 10 rings (SSSR count). The fourth-order valence-corrected chi connectivity index (χ4v) is 8.27. The van der Waals surface area contributed by atoms with Crippen molar-refractivity contribution in [1.82, 2.24) is 0 Å². The zero-order valence-corrected chi connectivity index (χ0v) is 29.1. The second-order valence-electron chi connectivity index (χ2n) is 14.3. The summed E-state index contributed by atoms with van der Waals surface area (Å²) < 4.78 is 12.8. The van der Waals surface area contributed by atoms with Gasteiger partial charge in [0.1, 0.15) is 17.8 Å². The second-order valence-corrected chi connectivity index (χ2v) is 14.3. The lowest BCUT2D eigenvalue weighted by atomic mass is 9.82. The van der Waals surface area contributed by atoms with Crippen molar-refractivity contribution in [3.8, 4) is 16.9 Å². The average molecular weight is 673 g/mol. The van der Waals surface area contributed by atoms with Gasteiger partial charge in [-0.3, -0.25) is 0 Å². The molecule has 0 fully saturated rings. The van der Waals surface area contributed by atoms with Gasteiger partial charge in [0, 0.05) is 38.6 Å². The van der Waals surface area contributed by atoms with Crippen molar-refractivity contribution in [1.29, 1.82) is 0 Å². The van der Waals surface area contributed by atoms with Gasteiger partial charge in [0.2, 0.25) is 0 Å². The molecule has 9 aromatic rings. The minimum absolute atomic E-state index is 0.138. The van der Waals surface area contributed by atoms with Crippen LogP contribution in [0.25, 0.3) is 54.6 Å². The van der Waals surface area contributed by atoms with Gasteiger partial charge < -0.3 is 19.8 Å². The number of benzene rings is 8. The van der Waals surface area contributed by atoms with Gasteiger partial charge in [-0.05, 0) is 98.6 Å². The number of anilines is 4. The van der Waals surface area contributed by atoms with Crippen LogP contribution in [0, 0.1) is 0 Å². The molecule has 8 aromatic carbocycles. The van der Waals surface area contributed by atoms with E-state index in [4.69, 9.17) is 14.9 Å². The van der Waals surface area contributed by atoms with Crippen LogP contribution < -0.4 is 15.4 Å². The summed E-state index contributed by atoms with van der Waals surface area (Å²) in [5.41, 5.74) is 18.5. The Morgan fingerprint density at radius 1 is 0.558 bits per heavy atom. The van der Waals surface area contributed by atoms with E-state index >= 15 is 0 Å². The van der Waals surface area contributed by atoms with Crippen LogP contribution in [0.5, 0.6) is 5.75 Å². The van der Waals surface area contributed by atoms with Gasteiger partial charge >= 0.3 is 0 Å². The predicted molar refractivity (Wildman–Crippen MR) is 216 cm³/mol. The van der Waals surface area contributed by atoms with Crippen LogP contribution in [0.1, 0.15) is 30.5 Å². The Hall–Kier alpha value is -6.52. The summed E-state index contributed by atoms with van der Waals surface area (Å²) in [5, 5.41) is 6.48. The number of nitrogens with two attached hydrogens (primary N) is 1. The molecule has 52 heavy (non-hydrogen) atoms. The molecule has 1 aliphatic rings. The number of rotatable bonds is 6. The quantitative estimate of drug-likeness (QED) is 0.141. The van der Waals surface area contributed by atoms with Crippen molar-refractivity contribution < 1.29 is 9.15 Å². The van der Waals surface area contributed by atoms with E-state index in [1.807, 2.05) is 36.4 Å². The Kier molecular flexibility index (Phi) is 6.71. The van der Waals surface area contributed by atoms with Crippen LogP contribution in [0.4, 0.5) is 22.7 Å². The fourth-order valence-electron chi connectivity index (χ4n) is 8.27. The van der Waals surface area contributed by atoms with E-state index in [1.165, 1.54) is 22.3 Å². The van der Waals surface area contributed by atoms with E-state index in [2.05, 4.69) is 140 Å². The summed E-state index contributed by atoms with van der Waals surface area (Å²) in [6.07, 6.45) is 0. The molecule has 0 aliphatic heterocycles. The van der Waals surface area contributed by atoms with Crippen LogP contribution in [-0.2, 0) is 12.0 Å². The summed E-state index contributed by atoms with van der Waals surface area (Å²) in [5.74, 6) is 0.707. The number of hydrogen-bond acceptors (Lipinski definition) is 4. The van der Waals surface area contributed by atoms with Gasteiger partial charge in [0.05, 0.1) is 5.69 Å². The maximum Gasteiger partial charge on any atom is 0.151 e. The van der Waals surface area contributed by atoms with E-state index in [0.717, 1.165) is 66.1 Å². The smallest absolute Gasteiger partial charge is 0.151 e. The Balaban J connectivity index is 1.19. The molecule has 4 nitrogen and oxygen atoms in total. The first-order valence-electron chi connectivity index (χ1n) is 17.8. The Bertz CT molecular complexity index is 2850. The van der Waals surface area contributed by atoms with Gasteiger partial charge in [-0.25, -0.2) is 0 Å². The summed E-state index contributed by atoms with van der Waals surface area (Å²) in [7, 11) is 0. The highest BCUT2D eigenvalue weighted by atomic mass is 16.5. The highest BCUT2D eigenvalue weighted by molar-refractivity contribution is 6.14. The standard InChI is InChI=1S/C48H36N2O2/c1-48(2)41-14-8-6-12-36(41)37-23-21-35(28-42(37)48)50(34-22-25-45-40(27-34)38-13-7-9-15-44(38)52-45)33-20-18-31-16-17-32-19-24-43(49)47(46(32)39(31)26-33)51-29-30-10-4-3-5-11-30/h3-28H,29,49H2,1-2H3. The summed E-state index contributed by atoms with van der Waals surface area (Å²) in [6, 6.07) is 55.8. The number of nitrogen functional groups attached to an aromatic ring is 1. The maximum absolute atomic E-state index is 6.68. The summed E-state index contributed by atoms with van der Waals surface area (Å²) in [4.78, 5) is 2.37. The molecule has 0 saturated heterocycles. The van der Waals surface area contributed by atoms with E-state index in [9.17, 15) is 0 Å². The molecule has 2 N–H and O–H groups in total. The normalized spacial score (nSPS) is 13.1. The van der Waals surface area contributed by atoms with Gasteiger partial charge in [-0.1, -0.05) is 117 Å². The molecule has 0 unspecified atom stereocenters. The monoisotopic (exact) mass is 672 g/mol. The zero-order valence-electron chi connectivity index (χ0n) is 29.1. The van der Waals surface area contributed by atoms with Gasteiger partial charge in [0.25, 0.3) is 0 Å². The average Bonchev–Trinajstić information content (AvgIpc) is 3.66. The lowest BCUT2D eigenvalue weighted by Gasteiger charge is -2.28. The number of fused-ring (bicyclic) bond motifs is 9. The van der Waals surface area contributed by atoms with E-state index < -0.39 is 0 Å². The maximum atomic E-state index is 6.68. The lowest BCUT2D eigenvalue weighted by Crippen LogP contribution is -2.16. The minimum atomic E-state index is -0.138. The zero-order chi connectivity index (χ0) is 35.0. The Morgan fingerprint density at radius 2 is 1.19 bits per heavy atom. The second kappa shape index (κ2) is 11.5. The first kappa shape index (κ1) is 30.3. The largest absolute Gasteiger partial charge is 0.486 e. The number of hydrogen-bond donors (Lipinski definition) is 1. The number of nitrogens with zero attached hydrogens (tertiary/aromatic N) is 1. The first-order chi connectivity index (χ1) is 25.4. The highest BCUT2D eigenvalue weighted by Gasteiger charge is 2.35. The molecule has 4 heteroatoms. The molecule has 1 aromatic heterocycles. The molecule has 1 aliphatic carbocycles. The van der Waals surface area contributed by atoms with Gasteiger partial charge in [-0.2, -0.15) is 0 Å². The summed E-state index contributed by atoms with van der Waals surface area (Å²) in [6.45, 7) is 5.09. The number of furan rings is 1. The van der Waals surface area contributed by atoms with Crippen molar-refractivity contribution >= 4 is 66.2 Å². The van der Waals surface area contributed by atoms with Crippen molar-refractivity contribution in [3.63, 3.8) is 0 Å². The molecule has 250 valence electrons. The molecule has 0 spiro atoms. The highest BCUT2D eigenvalue weighted by Crippen LogP contribution is 2.51. The number of ether oxygens (including phenoxy) is 1. The van der Waals surface area contributed by atoms with Crippen LogP contribution in [0.15, 0.2) is 162 Å². The third kappa shape index (κ3) is 4.68. The molecule has 0 radical (unpaired) electrons. The van der Waals surface area contributed by atoms with Crippen molar-refractivity contribution in [2.45, 2.75) is 25.9 Å². The van der Waals surface area contributed by atoms with E-state index in [0.29, 0.717) is 18.0 Å². The van der Waals surface area contributed by atoms with Crippen molar-refractivity contribution in [2.75, 3.05) is 10.6 Å².